The molecule has 38 heavy (non-hydrogen) atoms. The van der Waals surface area contributed by atoms with Gasteiger partial charge in [0.15, 0.2) is 16.6 Å². The zero-order valence-corrected chi connectivity index (χ0v) is 22.6. The second-order valence-electron chi connectivity index (χ2n) is 10.3. The van der Waals surface area contributed by atoms with Gasteiger partial charge >= 0.3 is 0 Å². The van der Waals surface area contributed by atoms with E-state index in [1.807, 2.05) is 18.2 Å². The quantitative estimate of drug-likeness (QED) is 0.463. The number of thiocarbonyl (C=S) groups is 1. The van der Waals surface area contributed by atoms with E-state index in [2.05, 4.69) is 57.7 Å². The van der Waals surface area contributed by atoms with Crippen molar-refractivity contribution in [1.29, 1.82) is 0 Å². The largest absolute Gasteiger partial charge is 0.486 e. The Morgan fingerprint density at radius 3 is 2.61 bits per heavy atom. The average molecular weight is 531 g/mol. The Labute approximate surface area is 229 Å². The number of hydrogen-bond donors (Lipinski definition) is 2. The molecule has 0 amide bonds. The van der Waals surface area contributed by atoms with Crippen LogP contribution in [0.1, 0.15) is 36.5 Å². The molecule has 1 fully saturated rings. The van der Waals surface area contributed by atoms with Crippen molar-refractivity contribution < 1.29 is 9.47 Å². The predicted molar refractivity (Wildman–Crippen MR) is 154 cm³/mol. The highest BCUT2D eigenvalue weighted by molar-refractivity contribution is 7.80. The number of nitrogens with zero attached hydrogens (tertiary/aromatic N) is 4. The molecule has 1 atom stereocenters. The number of piperidine rings is 1. The summed E-state index contributed by atoms with van der Waals surface area (Å²) >= 11 is 5.64. The molecule has 1 saturated heterocycles. The Balaban J connectivity index is 1.19. The summed E-state index contributed by atoms with van der Waals surface area (Å²) in [6.07, 6.45) is 3.45. The van der Waals surface area contributed by atoms with E-state index in [0.29, 0.717) is 36.7 Å². The minimum Gasteiger partial charge on any atom is -0.486 e. The third-order valence-electron chi connectivity index (χ3n) is 7.42. The van der Waals surface area contributed by atoms with Gasteiger partial charge < -0.3 is 29.9 Å². The fourth-order valence-electron chi connectivity index (χ4n) is 5.42. The van der Waals surface area contributed by atoms with Gasteiger partial charge in [0.1, 0.15) is 24.8 Å². The average Bonchev–Trinajstić information content (AvgIpc) is 2.95. The predicted octanol–water partition coefficient (Wildman–Crippen LogP) is 4.53. The number of rotatable bonds is 5. The molecule has 0 unspecified atom stereocenters. The highest BCUT2D eigenvalue weighted by Gasteiger charge is 2.23. The van der Waals surface area contributed by atoms with Gasteiger partial charge in [0.25, 0.3) is 0 Å². The summed E-state index contributed by atoms with van der Waals surface area (Å²) in [4.78, 5) is 14.5. The normalized spacial score (nSPS) is 18.5. The first-order valence-corrected chi connectivity index (χ1v) is 13.9. The van der Waals surface area contributed by atoms with E-state index in [1.165, 1.54) is 24.0 Å². The molecule has 9 heteroatoms. The fourth-order valence-corrected chi connectivity index (χ4v) is 5.58. The van der Waals surface area contributed by atoms with Crippen molar-refractivity contribution in [2.75, 3.05) is 48.0 Å². The zero-order chi connectivity index (χ0) is 25.9. The molecule has 0 spiro atoms. The van der Waals surface area contributed by atoms with Crippen molar-refractivity contribution in [2.24, 2.45) is 5.92 Å². The highest BCUT2D eigenvalue weighted by Crippen LogP contribution is 2.31. The summed E-state index contributed by atoms with van der Waals surface area (Å²) in [5.74, 6) is 4.61. The lowest BCUT2D eigenvalue weighted by Crippen LogP contribution is -2.36. The number of benzene rings is 2. The smallest absolute Gasteiger partial charge is 0.232 e. The molecule has 198 valence electrons. The van der Waals surface area contributed by atoms with Crippen LogP contribution in [0, 0.1) is 5.92 Å². The minimum absolute atomic E-state index is 0.485. The first-order valence-electron chi connectivity index (χ1n) is 13.5. The van der Waals surface area contributed by atoms with Crippen LogP contribution in [0.25, 0.3) is 0 Å². The van der Waals surface area contributed by atoms with E-state index in [4.69, 9.17) is 31.7 Å². The minimum atomic E-state index is 0.485. The van der Waals surface area contributed by atoms with Gasteiger partial charge in [-0.3, -0.25) is 0 Å². The van der Waals surface area contributed by atoms with Crippen molar-refractivity contribution in [3.8, 4) is 11.5 Å². The molecule has 3 aliphatic rings. The monoisotopic (exact) mass is 530 g/mol. The van der Waals surface area contributed by atoms with Crippen LogP contribution in [0.2, 0.25) is 0 Å². The maximum atomic E-state index is 5.71. The van der Waals surface area contributed by atoms with Crippen LogP contribution >= 0.6 is 12.2 Å². The van der Waals surface area contributed by atoms with Gasteiger partial charge in [0.2, 0.25) is 5.95 Å². The van der Waals surface area contributed by atoms with Crippen molar-refractivity contribution in [1.82, 2.24) is 15.3 Å². The lowest BCUT2D eigenvalue weighted by atomic mass is 10.00. The molecule has 6 rings (SSSR count). The summed E-state index contributed by atoms with van der Waals surface area (Å²) in [5.41, 5.74) is 3.84. The highest BCUT2D eigenvalue weighted by atomic mass is 32.1. The Morgan fingerprint density at radius 1 is 0.974 bits per heavy atom. The van der Waals surface area contributed by atoms with Gasteiger partial charge in [-0.25, -0.2) is 0 Å². The summed E-state index contributed by atoms with van der Waals surface area (Å²) in [5, 5.41) is 7.03. The third kappa shape index (κ3) is 5.62. The number of ether oxygens (including phenoxy) is 2. The maximum Gasteiger partial charge on any atom is 0.232 e. The standard InChI is InChI=1S/C29H34N6O2S/c1-20-5-4-11-34(18-20)26-16-27(35-12-10-22-6-2-3-7-23(22)19-35)32-28(31-26)33-29(38)30-17-21-8-9-24-25(15-21)37-14-13-36-24/h2-3,6-9,15-16,20H,4-5,10-14,17-19H2,1H3,(H2,30,31,32,33,38)/t20-/m0/s1. The summed E-state index contributed by atoms with van der Waals surface area (Å²) in [7, 11) is 0. The lowest BCUT2D eigenvalue weighted by molar-refractivity contribution is 0.171. The van der Waals surface area contributed by atoms with Crippen LogP contribution in [-0.4, -0.2) is 47.9 Å². The molecule has 2 aromatic carbocycles. The van der Waals surface area contributed by atoms with Gasteiger partial charge in [0.05, 0.1) is 0 Å². The van der Waals surface area contributed by atoms with E-state index in [0.717, 1.165) is 61.3 Å². The molecule has 0 radical (unpaired) electrons. The summed E-state index contributed by atoms with van der Waals surface area (Å²) in [6.45, 7) is 7.80. The number of hydrogen-bond acceptors (Lipinski definition) is 7. The Kier molecular flexibility index (Phi) is 7.18. The first-order chi connectivity index (χ1) is 18.6. The van der Waals surface area contributed by atoms with Crippen LogP contribution in [0.15, 0.2) is 48.5 Å². The molecule has 4 heterocycles. The van der Waals surface area contributed by atoms with E-state index in [-0.39, 0.29) is 0 Å². The molecule has 1 aromatic heterocycles. The molecule has 0 aliphatic carbocycles. The van der Waals surface area contributed by atoms with Crippen LogP contribution in [0.4, 0.5) is 17.6 Å². The van der Waals surface area contributed by atoms with Gasteiger partial charge in [-0.05, 0) is 66.2 Å². The molecular weight excluding hydrogens is 496 g/mol. The van der Waals surface area contributed by atoms with Gasteiger partial charge in [0, 0.05) is 38.8 Å². The van der Waals surface area contributed by atoms with Crippen molar-refractivity contribution >= 4 is 34.9 Å². The molecule has 3 aromatic rings. The second kappa shape index (κ2) is 11.0. The topological polar surface area (TPSA) is 74.8 Å². The van der Waals surface area contributed by atoms with E-state index < -0.39 is 0 Å². The Morgan fingerprint density at radius 2 is 1.76 bits per heavy atom. The number of nitrogens with one attached hydrogen (secondary N) is 2. The maximum absolute atomic E-state index is 5.71. The van der Waals surface area contributed by atoms with E-state index >= 15 is 0 Å². The van der Waals surface area contributed by atoms with Crippen molar-refractivity contribution in [3.63, 3.8) is 0 Å². The summed E-state index contributed by atoms with van der Waals surface area (Å²) in [6, 6.07) is 16.8. The van der Waals surface area contributed by atoms with Crippen molar-refractivity contribution in [2.45, 2.75) is 39.3 Å². The molecule has 3 aliphatic heterocycles. The van der Waals surface area contributed by atoms with Crippen molar-refractivity contribution in [3.05, 3.63) is 65.2 Å². The second-order valence-corrected chi connectivity index (χ2v) is 10.7. The van der Waals surface area contributed by atoms with Crippen LogP contribution in [-0.2, 0) is 19.5 Å². The zero-order valence-electron chi connectivity index (χ0n) is 21.8. The van der Waals surface area contributed by atoms with Gasteiger partial charge in [-0.2, -0.15) is 9.97 Å². The SMILES string of the molecule is C[C@H]1CCCN(c2cc(N3CCc4ccccc4C3)nc(NC(=S)NCc3ccc4c(c3)OCCO4)n2)C1. The summed E-state index contributed by atoms with van der Waals surface area (Å²) < 4.78 is 11.3. The van der Waals surface area contributed by atoms with Gasteiger partial charge in [-0.1, -0.05) is 37.3 Å². The molecule has 2 N–H and O–H groups in total. The fraction of sp³-hybridized carbons (Fsp3) is 0.414. The van der Waals surface area contributed by atoms with E-state index in [1.54, 1.807) is 0 Å². The lowest BCUT2D eigenvalue weighted by Gasteiger charge is -2.34. The Hall–Kier alpha value is -3.59. The number of anilines is 3. The van der Waals surface area contributed by atoms with Crippen LogP contribution in [0.5, 0.6) is 11.5 Å². The van der Waals surface area contributed by atoms with Crippen LogP contribution in [0.3, 0.4) is 0 Å². The molecule has 0 saturated carbocycles. The number of aromatic nitrogens is 2. The third-order valence-corrected chi connectivity index (χ3v) is 7.67. The molecule has 8 nitrogen and oxygen atoms in total. The number of fused-ring (bicyclic) bond motifs is 2. The van der Waals surface area contributed by atoms with E-state index in [9.17, 15) is 0 Å². The van der Waals surface area contributed by atoms with Gasteiger partial charge in [-0.15, -0.1) is 0 Å². The Bertz CT molecular complexity index is 1320. The molecular formula is C29H34N6O2S. The van der Waals surface area contributed by atoms with Crippen LogP contribution < -0.4 is 29.9 Å². The molecule has 0 bridgehead atoms. The first kappa shape index (κ1) is 24.7.